The maximum absolute atomic E-state index is 13.6. The van der Waals surface area contributed by atoms with Gasteiger partial charge >= 0.3 is 0 Å². The summed E-state index contributed by atoms with van der Waals surface area (Å²) in [5.74, 6) is 1.43. The van der Waals surface area contributed by atoms with Crippen molar-refractivity contribution in [3.8, 4) is 11.5 Å². The molecule has 0 unspecified atom stereocenters. The molecule has 0 aliphatic carbocycles. The first-order chi connectivity index (χ1) is 18.0. The van der Waals surface area contributed by atoms with Crippen LogP contribution < -0.4 is 20.1 Å². The average molecular weight is 530 g/mol. The number of amides is 1. The molecule has 1 amide bonds. The third kappa shape index (κ3) is 7.20. The van der Waals surface area contributed by atoms with Gasteiger partial charge in [0.1, 0.15) is 24.1 Å². The summed E-state index contributed by atoms with van der Waals surface area (Å²) < 4.78 is 25.6. The first kappa shape index (κ1) is 26.9. The van der Waals surface area contributed by atoms with Crippen molar-refractivity contribution >= 4 is 39.9 Å². The van der Waals surface area contributed by atoms with Gasteiger partial charge in [0.2, 0.25) is 5.91 Å². The number of benzene rings is 2. The van der Waals surface area contributed by atoms with Crippen molar-refractivity contribution in [3.63, 3.8) is 0 Å². The van der Waals surface area contributed by atoms with Crippen LogP contribution in [0.15, 0.2) is 36.7 Å². The molecular formula is C27H33ClFN5O3. The summed E-state index contributed by atoms with van der Waals surface area (Å²) in [5, 5.41) is 6.95. The first-order valence-electron chi connectivity index (χ1n) is 12.7. The van der Waals surface area contributed by atoms with Crippen LogP contribution in [0, 0.1) is 5.82 Å². The van der Waals surface area contributed by atoms with Crippen LogP contribution >= 0.6 is 11.6 Å². The van der Waals surface area contributed by atoms with E-state index in [1.807, 2.05) is 19.1 Å². The van der Waals surface area contributed by atoms with Gasteiger partial charge in [-0.3, -0.25) is 4.79 Å². The first-order valence-corrected chi connectivity index (χ1v) is 13.0. The van der Waals surface area contributed by atoms with Crippen molar-refractivity contribution in [2.45, 2.75) is 45.1 Å². The van der Waals surface area contributed by atoms with Crippen molar-refractivity contribution in [1.29, 1.82) is 0 Å². The number of rotatable bonds is 11. The number of hydrogen-bond donors (Lipinski definition) is 2. The lowest BCUT2D eigenvalue weighted by Crippen LogP contribution is -2.39. The molecule has 1 aliphatic rings. The maximum Gasteiger partial charge on any atom is 0.219 e. The molecule has 4 rings (SSSR count). The third-order valence-electron chi connectivity index (χ3n) is 6.38. The Balaban J connectivity index is 1.39. The van der Waals surface area contributed by atoms with Crippen molar-refractivity contribution < 1.29 is 18.7 Å². The number of anilines is 2. The Bertz CT molecular complexity index is 1220. The monoisotopic (exact) mass is 529 g/mol. The summed E-state index contributed by atoms with van der Waals surface area (Å²) in [7, 11) is 1.61. The quantitative estimate of drug-likeness (QED) is 0.325. The van der Waals surface area contributed by atoms with Gasteiger partial charge < -0.3 is 25.0 Å². The maximum atomic E-state index is 13.6. The van der Waals surface area contributed by atoms with Gasteiger partial charge in [-0.25, -0.2) is 14.4 Å². The van der Waals surface area contributed by atoms with Gasteiger partial charge in [-0.05, 0) is 56.5 Å². The molecule has 0 atom stereocenters. The number of nitrogens with zero attached hydrogens (tertiary/aromatic N) is 3. The van der Waals surface area contributed by atoms with Gasteiger partial charge in [0, 0.05) is 43.2 Å². The van der Waals surface area contributed by atoms with E-state index in [4.69, 9.17) is 21.1 Å². The van der Waals surface area contributed by atoms with Crippen LogP contribution in [0.2, 0.25) is 5.02 Å². The predicted molar refractivity (Wildman–Crippen MR) is 143 cm³/mol. The highest BCUT2D eigenvalue weighted by atomic mass is 35.5. The van der Waals surface area contributed by atoms with Crippen molar-refractivity contribution in [1.82, 2.24) is 20.2 Å². The van der Waals surface area contributed by atoms with Crippen molar-refractivity contribution in [3.05, 3.63) is 47.5 Å². The number of nitrogens with one attached hydrogen (secondary N) is 2. The van der Waals surface area contributed by atoms with Crippen LogP contribution in [-0.2, 0) is 4.79 Å². The zero-order valence-electron chi connectivity index (χ0n) is 21.2. The molecule has 0 spiro atoms. The molecule has 1 aliphatic heterocycles. The molecule has 3 aromatic rings. The topological polar surface area (TPSA) is 88.6 Å². The fourth-order valence-electron chi connectivity index (χ4n) is 4.40. The van der Waals surface area contributed by atoms with E-state index in [2.05, 4.69) is 25.5 Å². The van der Waals surface area contributed by atoms with Crippen molar-refractivity contribution in [2.75, 3.05) is 38.6 Å². The van der Waals surface area contributed by atoms with Crippen LogP contribution in [0.1, 0.15) is 39.0 Å². The number of hydrogen-bond acceptors (Lipinski definition) is 7. The van der Waals surface area contributed by atoms with E-state index in [9.17, 15) is 9.18 Å². The standard InChI is InChI=1S/C27H33ClFN5O3/c1-3-5-26(35)30-10-4-11-34-12-8-19(9-13-34)37-25-15-20-23(16-24(25)36-2)31-17-32-27(20)33-18-6-7-22(29)21(28)14-18/h6-7,14-17,19H,3-5,8-13H2,1-2H3,(H,30,35)(H,31,32,33). The molecule has 37 heavy (non-hydrogen) atoms. The number of aromatic nitrogens is 2. The Morgan fingerprint density at radius 1 is 1.19 bits per heavy atom. The van der Waals surface area contributed by atoms with Gasteiger partial charge in [0.05, 0.1) is 17.6 Å². The lowest BCUT2D eigenvalue weighted by molar-refractivity contribution is -0.121. The summed E-state index contributed by atoms with van der Waals surface area (Å²) >= 11 is 5.94. The minimum atomic E-state index is -0.482. The molecule has 10 heteroatoms. The molecule has 8 nitrogen and oxygen atoms in total. The summed E-state index contributed by atoms with van der Waals surface area (Å²) in [4.78, 5) is 22.8. The molecule has 0 saturated carbocycles. The molecule has 0 radical (unpaired) electrons. The lowest BCUT2D eigenvalue weighted by atomic mass is 10.1. The normalized spacial score (nSPS) is 14.5. The summed E-state index contributed by atoms with van der Waals surface area (Å²) in [5.41, 5.74) is 1.30. The van der Waals surface area contributed by atoms with Crippen LogP contribution in [0.4, 0.5) is 15.9 Å². The van der Waals surface area contributed by atoms with E-state index in [0.717, 1.165) is 50.7 Å². The molecule has 1 saturated heterocycles. The fraction of sp³-hybridized carbons (Fsp3) is 0.444. The van der Waals surface area contributed by atoms with Crippen LogP contribution in [0.3, 0.4) is 0 Å². The average Bonchev–Trinajstić information content (AvgIpc) is 2.90. The van der Waals surface area contributed by atoms with Crippen LogP contribution in [0.5, 0.6) is 11.5 Å². The number of methoxy groups -OCH3 is 1. The Morgan fingerprint density at radius 3 is 2.73 bits per heavy atom. The van der Waals surface area contributed by atoms with E-state index >= 15 is 0 Å². The van der Waals surface area contributed by atoms with Gasteiger partial charge in [-0.2, -0.15) is 0 Å². The van der Waals surface area contributed by atoms with Gasteiger partial charge in [-0.15, -0.1) is 0 Å². The molecule has 1 fully saturated rings. The summed E-state index contributed by atoms with van der Waals surface area (Å²) in [6, 6.07) is 8.13. The second-order valence-corrected chi connectivity index (χ2v) is 9.52. The molecule has 2 heterocycles. The Morgan fingerprint density at radius 2 is 2.00 bits per heavy atom. The van der Waals surface area contributed by atoms with Crippen molar-refractivity contribution in [2.24, 2.45) is 0 Å². The number of likely N-dealkylation sites (tertiary alicyclic amines) is 1. The lowest BCUT2D eigenvalue weighted by Gasteiger charge is -2.32. The minimum absolute atomic E-state index is 0.0293. The number of fused-ring (bicyclic) bond motifs is 1. The van der Waals surface area contributed by atoms with Crippen LogP contribution in [0.25, 0.3) is 10.9 Å². The number of carbonyl (C=O) groups is 1. The molecular weight excluding hydrogens is 497 g/mol. The number of carbonyl (C=O) groups excluding carboxylic acids is 1. The highest BCUT2D eigenvalue weighted by Gasteiger charge is 2.22. The van der Waals surface area contributed by atoms with Crippen LogP contribution in [-0.4, -0.2) is 60.2 Å². The second-order valence-electron chi connectivity index (χ2n) is 9.11. The third-order valence-corrected chi connectivity index (χ3v) is 6.67. The number of halogens is 2. The van der Waals surface area contributed by atoms with E-state index in [0.29, 0.717) is 41.5 Å². The predicted octanol–water partition coefficient (Wildman–Crippen LogP) is 5.32. The second kappa shape index (κ2) is 12.9. The van der Waals surface area contributed by atoms with E-state index < -0.39 is 5.82 Å². The van der Waals surface area contributed by atoms with E-state index in [-0.39, 0.29) is 17.0 Å². The fourth-order valence-corrected chi connectivity index (χ4v) is 4.58. The molecule has 2 aromatic carbocycles. The smallest absolute Gasteiger partial charge is 0.219 e. The Hall–Kier alpha value is -3.17. The largest absolute Gasteiger partial charge is 0.493 e. The minimum Gasteiger partial charge on any atom is -0.493 e. The van der Waals surface area contributed by atoms with Gasteiger partial charge in [0.15, 0.2) is 11.5 Å². The molecule has 0 bridgehead atoms. The number of piperidine rings is 1. The summed E-state index contributed by atoms with van der Waals surface area (Å²) in [6.07, 6.45) is 5.71. The van der Waals surface area contributed by atoms with Gasteiger partial charge in [-0.1, -0.05) is 18.5 Å². The van der Waals surface area contributed by atoms with Gasteiger partial charge in [0.25, 0.3) is 0 Å². The Labute approximate surface area is 221 Å². The highest BCUT2D eigenvalue weighted by Crippen LogP contribution is 2.36. The number of ether oxygens (including phenoxy) is 2. The van der Waals surface area contributed by atoms with E-state index in [1.165, 1.54) is 18.5 Å². The van der Waals surface area contributed by atoms with E-state index in [1.54, 1.807) is 13.2 Å². The molecule has 198 valence electrons. The summed E-state index contributed by atoms with van der Waals surface area (Å²) in [6.45, 7) is 5.55. The SMILES string of the molecule is CCCC(=O)NCCCN1CCC(Oc2cc3c(Nc4ccc(F)c(Cl)c4)ncnc3cc2OC)CC1. The Kier molecular flexibility index (Phi) is 9.35. The zero-order valence-corrected chi connectivity index (χ0v) is 22.0. The zero-order chi connectivity index (χ0) is 26.2. The molecule has 2 N–H and O–H groups in total. The highest BCUT2D eigenvalue weighted by molar-refractivity contribution is 6.31. The molecule has 1 aromatic heterocycles.